The van der Waals surface area contributed by atoms with E-state index in [2.05, 4.69) is 44.3 Å². The zero-order valence-electron chi connectivity index (χ0n) is 16.5. The van der Waals surface area contributed by atoms with Crippen molar-refractivity contribution in [3.63, 3.8) is 0 Å². The molecular formula is C23H31NO2. The monoisotopic (exact) mass is 353 g/mol. The van der Waals surface area contributed by atoms with Crippen LogP contribution in [0.1, 0.15) is 56.4 Å². The number of hydrogen-bond acceptors (Lipinski definition) is 2. The summed E-state index contributed by atoms with van der Waals surface area (Å²) < 4.78 is 5.90. The molecular weight excluding hydrogens is 322 g/mol. The van der Waals surface area contributed by atoms with Gasteiger partial charge in [0.1, 0.15) is 5.75 Å². The van der Waals surface area contributed by atoms with E-state index in [0.717, 1.165) is 25.0 Å². The van der Waals surface area contributed by atoms with Gasteiger partial charge in [0.05, 0.1) is 0 Å². The minimum Gasteiger partial charge on any atom is -0.481 e. The first-order chi connectivity index (χ1) is 12.6. The van der Waals surface area contributed by atoms with E-state index in [1.807, 2.05) is 31.2 Å². The Morgan fingerprint density at radius 2 is 1.54 bits per heavy atom. The highest BCUT2D eigenvalue weighted by atomic mass is 16.5. The van der Waals surface area contributed by atoms with Crippen molar-refractivity contribution in [1.29, 1.82) is 0 Å². The molecule has 1 N–H and O–H groups in total. The van der Waals surface area contributed by atoms with E-state index in [1.54, 1.807) is 0 Å². The predicted molar refractivity (Wildman–Crippen MR) is 108 cm³/mol. The number of amides is 1. The molecule has 0 spiro atoms. The number of carbonyl (C=O) groups excluding carboxylic acids is 1. The second-order valence-electron chi connectivity index (χ2n) is 6.54. The Hall–Kier alpha value is -2.29. The van der Waals surface area contributed by atoms with E-state index in [0.29, 0.717) is 13.0 Å². The molecule has 0 unspecified atom stereocenters. The second kappa shape index (κ2) is 10.0. The number of nitrogens with one attached hydrogen (secondary N) is 1. The highest BCUT2D eigenvalue weighted by Gasteiger charge is 2.18. The van der Waals surface area contributed by atoms with E-state index < -0.39 is 6.10 Å². The van der Waals surface area contributed by atoms with Crippen molar-refractivity contribution in [3.05, 3.63) is 64.7 Å². The summed E-state index contributed by atoms with van der Waals surface area (Å²) in [6.45, 7) is 8.93. The fourth-order valence-corrected chi connectivity index (χ4v) is 3.00. The summed E-state index contributed by atoms with van der Waals surface area (Å²) in [5.74, 6) is 0.683. The lowest BCUT2D eigenvalue weighted by Crippen LogP contribution is -2.37. The van der Waals surface area contributed by atoms with Crippen molar-refractivity contribution in [2.24, 2.45) is 0 Å². The van der Waals surface area contributed by atoms with E-state index in [-0.39, 0.29) is 5.91 Å². The first kappa shape index (κ1) is 20.0. The first-order valence-corrected chi connectivity index (χ1v) is 9.75. The molecule has 0 bridgehead atoms. The predicted octanol–water partition coefficient (Wildman–Crippen LogP) is 4.85. The van der Waals surface area contributed by atoms with Crippen LogP contribution in [0.4, 0.5) is 0 Å². The average molecular weight is 354 g/mol. The van der Waals surface area contributed by atoms with E-state index in [4.69, 9.17) is 4.74 Å². The Bertz CT molecular complexity index is 707. The van der Waals surface area contributed by atoms with Crippen molar-refractivity contribution in [3.8, 4) is 5.75 Å². The molecule has 140 valence electrons. The van der Waals surface area contributed by atoms with Crippen LogP contribution in [-0.4, -0.2) is 12.0 Å². The van der Waals surface area contributed by atoms with Gasteiger partial charge in [-0.15, -0.1) is 0 Å². The summed E-state index contributed by atoms with van der Waals surface area (Å²) in [6, 6.07) is 14.5. The topological polar surface area (TPSA) is 38.3 Å². The molecule has 2 aromatic carbocycles. The maximum atomic E-state index is 12.6. The van der Waals surface area contributed by atoms with Crippen LogP contribution in [0.3, 0.4) is 0 Å². The average Bonchev–Trinajstić information content (AvgIpc) is 2.70. The molecule has 2 rings (SSSR count). The Kier molecular flexibility index (Phi) is 7.71. The molecule has 2 aromatic rings. The molecule has 0 fully saturated rings. The Morgan fingerprint density at radius 3 is 2.12 bits per heavy atom. The molecule has 3 nitrogen and oxygen atoms in total. The SMILES string of the molecule is CCc1ccc(O[C@@H](CC)C(=O)NCc2cc(CC)ccc2CC)cc1. The number of rotatable bonds is 9. The molecule has 0 aliphatic carbocycles. The zero-order valence-corrected chi connectivity index (χ0v) is 16.5. The van der Waals surface area contributed by atoms with Gasteiger partial charge in [-0.1, -0.05) is 58.0 Å². The van der Waals surface area contributed by atoms with Crippen LogP contribution in [0, 0.1) is 0 Å². The molecule has 26 heavy (non-hydrogen) atoms. The van der Waals surface area contributed by atoms with Crippen molar-refractivity contribution in [2.45, 2.75) is 66.0 Å². The van der Waals surface area contributed by atoms with Crippen LogP contribution in [0.2, 0.25) is 0 Å². The molecule has 0 saturated heterocycles. The maximum absolute atomic E-state index is 12.6. The highest BCUT2D eigenvalue weighted by molar-refractivity contribution is 5.81. The summed E-state index contributed by atoms with van der Waals surface area (Å²) >= 11 is 0. The molecule has 0 aliphatic heterocycles. The van der Waals surface area contributed by atoms with E-state index in [9.17, 15) is 4.79 Å². The standard InChI is InChI=1S/C23H31NO2/c1-5-17-10-13-21(14-11-17)26-22(8-4)23(25)24-16-20-15-18(6-2)9-12-19(20)7-3/h9-15,22H,5-8,16H2,1-4H3,(H,24,25)/t22-/m0/s1. The van der Waals surface area contributed by atoms with Gasteiger partial charge in [-0.3, -0.25) is 4.79 Å². The number of carbonyl (C=O) groups is 1. The minimum atomic E-state index is -0.470. The maximum Gasteiger partial charge on any atom is 0.261 e. The third kappa shape index (κ3) is 5.35. The normalized spacial score (nSPS) is 11.8. The lowest BCUT2D eigenvalue weighted by molar-refractivity contribution is -0.128. The second-order valence-corrected chi connectivity index (χ2v) is 6.54. The molecule has 1 amide bonds. The van der Waals surface area contributed by atoms with Gasteiger partial charge in [0.15, 0.2) is 6.10 Å². The summed E-state index contributed by atoms with van der Waals surface area (Å²) in [5, 5.41) is 3.05. The summed E-state index contributed by atoms with van der Waals surface area (Å²) in [5.41, 5.74) is 5.04. The first-order valence-electron chi connectivity index (χ1n) is 9.75. The molecule has 1 atom stereocenters. The largest absolute Gasteiger partial charge is 0.481 e. The molecule has 0 heterocycles. The van der Waals surface area contributed by atoms with Crippen LogP contribution in [-0.2, 0) is 30.6 Å². The summed E-state index contributed by atoms with van der Waals surface area (Å²) in [6.07, 6.45) is 3.12. The van der Waals surface area contributed by atoms with E-state index in [1.165, 1.54) is 22.3 Å². The fourth-order valence-electron chi connectivity index (χ4n) is 3.00. The summed E-state index contributed by atoms with van der Waals surface area (Å²) in [7, 11) is 0. The third-order valence-corrected chi connectivity index (χ3v) is 4.79. The fraction of sp³-hybridized carbons (Fsp3) is 0.435. The zero-order chi connectivity index (χ0) is 18.9. The van der Waals surface area contributed by atoms with Gasteiger partial charge in [-0.05, 0) is 60.1 Å². The number of ether oxygens (including phenoxy) is 1. The Labute approximate surface area is 157 Å². The van der Waals surface area contributed by atoms with Crippen molar-refractivity contribution >= 4 is 5.91 Å². The summed E-state index contributed by atoms with van der Waals surface area (Å²) in [4.78, 5) is 12.6. The molecule has 0 radical (unpaired) electrons. The van der Waals surface area contributed by atoms with Gasteiger partial charge in [-0.25, -0.2) is 0 Å². The molecule has 0 aliphatic rings. The van der Waals surface area contributed by atoms with Gasteiger partial charge >= 0.3 is 0 Å². The van der Waals surface area contributed by atoms with Crippen LogP contribution >= 0.6 is 0 Å². The number of benzene rings is 2. The van der Waals surface area contributed by atoms with E-state index >= 15 is 0 Å². The van der Waals surface area contributed by atoms with Crippen LogP contribution in [0.25, 0.3) is 0 Å². The molecule has 3 heteroatoms. The number of aryl methyl sites for hydroxylation is 3. The quantitative estimate of drug-likeness (QED) is 0.700. The van der Waals surface area contributed by atoms with Crippen LogP contribution < -0.4 is 10.1 Å². The van der Waals surface area contributed by atoms with Gasteiger partial charge in [0, 0.05) is 6.54 Å². The van der Waals surface area contributed by atoms with Gasteiger partial charge in [0.2, 0.25) is 0 Å². The lowest BCUT2D eigenvalue weighted by atomic mass is 10.0. The van der Waals surface area contributed by atoms with Crippen molar-refractivity contribution in [2.75, 3.05) is 0 Å². The number of hydrogen-bond donors (Lipinski definition) is 1. The van der Waals surface area contributed by atoms with Crippen LogP contribution in [0.5, 0.6) is 5.75 Å². The Balaban J connectivity index is 2.00. The molecule has 0 aromatic heterocycles. The van der Waals surface area contributed by atoms with Crippen molar-refractivity contribution in [1.82, 2.24) is 5.32 Å². The van der Waals surface area contributed by atoms with Gasteiger partial charge < -0.3 is 10.1 Å². The van der Waals surface area contributed by atoms with Crippen LogP contribution in [0.15, 0.2) is 42.5 Å². The smallest absolute Gasteiger partial charge is 0.261 e. The lowest BCUT2D eigenvalue weighted by Gasteiger charge is -2.18. The van der Waals surface area contributed by atoms with Crippen molar-refractivity contribution < 1.29 is 9.53 Å². The minimum absolute atomic E-state index is 0.0592. The Morgan fingerprint density at radius 1 is 0.885 bits per heavy atom. The van der Waals surface area contributed by atoms with Gasteiger partial charge in [-0.2, -0.15) is 0 Å². The van der Waals surface area contributed by atoms with Gasteiger partial charge in [0.25, 0.3) is 5.91 Å². The highest BCUT2D eigenvalue weighted by Crippen LogP contribution is 2.17. The molecule has 0 saturated carbocycles. The third-order valence-electron chi connectivity index (χ3n) is 4.79.